The molecule has 0 spiro atoms. The molecule has 2 unspecified atom stereocenters. The van der Waals surface area contributed by atoms with Crippen molar-refractivity contribution in [3.63, 3.8) is 0 Å². The van der Waals surface area contributed by atoms with E-state index < -0.39 is 5.91 Å². The predicted octanol–water partition coefficient (Wildman–Crippen LogP) is 7.07. The summed E-state index contributed by atoms with van der Waals surface area (Å²) in [6.45, 7) is 6.00. The van der Waals surface area contributed by atoms with Gasteiger partial charge in [-0.05, 0) is 78.6 Å². The molecule has 5 rings (SSSR count). The third kappa shape index (κ3) is 4.83. The summed E-state index contributed by atoms with van der Waals surface area (Å²) in [5.41, 5.74) is 13.3. The summed E-state index contributed by atoms with van der Waals surface area (Å²) in [5, 5.41) is 0. The van der Waals surface area contributed by atoms with Gasteiger partial charge in [0.15, 0.2) is 0 Å². The summed E-state index contributed by atoms with van der Waals surface area (Å²) in [6, 6.07) is 22.1. The van der Waals surface area contributed by atoms with Gasteiger partial charge in [0.05, 0.1) is 22.8 Å². The van der Waals surface area contributed by atoms with E-state index in [0.717, 1.165) is 39.3 Å². The fourth-order valence-corrected chi connectivity index (χ4v) is 4.53. The third-order valence-electron chi connectivity index (χ3n) is 6.87. The van der Waals surface area contributed by atoms with Gasteiger partial charge in [-0.15, -0.1) is 0 Å². The molecule has 184 valence electrons. The van der Waals surface area contributed by atoms with Crippen molar-refractivity contribution >= 4 is 29.2 Å². The minimum atomic E-state index is -0.490. The number of carbonyl (C=O) groups is 1. The molecule has 0 radical (unpaired) electrons. The van der Waals surface area contributed by atoms with E-state index in [1.54, 1.807) is 37.4 Å². The molecular weight excluding hydrogens is 463 g/mol. The van der Waals surface area contributed by atoms with E-state index >= 15 is 0 Å². The Morgan fingerprint density at radius 2 is 1.76 bits per heavy atom. The lowest BCUT2D eigenvalue weighted by molar-refractivity contribution is 0.100. The highest BCUT2D eigenvalue weighted by Crippen LogP contribution is 2.37. The van der Waals surface area contributed by atoms with Crippen molar-refractivity contribution in [3.05, 3.63) is 102 Å². The molecule has 4 aromatic rings. The zero-order valence-electron chi connectivity index (χ0n) is 20.9. The van der Waals surface area contributed by atoms with Gasteiger partial charge in [0.1, 0.15) is 5.82 Å². The van der Waals surface area contributed by atoms with Crippen LogP contribution in [0, 0.1) is 24.6 Å². The Labute approximate surface area is 215 Å². The highest BCUT2D eigenvalue weighted by atomic mass is 19.1. The smallest absolute Gasteiger partial charge is 0.248 e. The van der Waals surface area contributed by atoms with Gasteiger partial charge in [0, 0.05) is 40.6 Å². The Bertz CT molecular complexity index is 1570. The Morgan fingerprint density at radius 1 is 0.946 bits per heavy atom. The summed E-state index contributed by atoms with van der Waals surface area (Å²) in [7, 11) is 0. The molecule has 3 aromatic carbocycles. The number of aliphatic imine (C=N–C) groups is 2. The SMILES string of the molecule is Cc1cc(-c2ncccc2-c2ccc3c(c2)C(=Nc2cccc(C(N)=O)c2)C(C)C(C)C=N3)ccc1F. The maximum Gasteiger partial charge on any atom is 0.248 e. The van der Waals surface area contributed by atoms with E-state index in [-0.39, 0.29) is 17.7 Å². The number of fused-ring (bicyclic) bond motifs is 1. The van der Waals surface area contributed by atoms with Crippen LogP contribution in [0.5, 0.6) is 0 Å². The quantitative estimate of drug-likeness (QED) is 0.332. The van der Waals surface area contributed by atoms with Crippen molar-refractivity contribution in [1.82, 2.24) is 4.98 Å². The molecule has 0 bridgehead atoms. The number of nitrogens with two attached hydrogens (primary N) is 1. The second-order valence-electron chi connectivity index (χ2n) is 9.43. The molecular formula is C31H27FN4O. The highest BCUT2D eigenvalue weighted by Gasteiger charge is 2.25. The number of benzene rings is 3. The van der Waals surface area contributed by atoms with Crippen LogP contribution in [-0.4, -0.2) is 22.8 Å². The van der Waals surface area contributed by atoms with Crippen molar-refractivity contribution in [3.8, 4) is 22.4 Å². The van der Waals surface area contributed by atoms with Crippen LogP contribution < -0.4 is 5.73 Å². The van der Waals surface area contributed by atoms with Gasteiger partial charge >= 0.3 is 0 Å². The van der Waals surface area contributed by atoms with Gasteiger partial charge in [-0.2, -0.15) is 0 Å². The Kier molecular flexibility index (Phi) is 6.49. The molecule has 1 aliphatic rings. The van der Waals surface area contributed by atoms with Crippen molar-refractivity contribution in [1.29, 1.82) is 0 Å². The monoisotopic (exact) mass is 490 g/mol. The number of hydrogen-bond donors (Lipinski definition) is 1. The van der Waals surface area contributed by atoms with Crippen molar-refractivity contribution in [2.24, 2.45) is 27.6 Å². The van der Waals surface area contributed by atoms with Crippen LogP contribution in [0.1, 0.15) is 35.3 Å². The summed E-state index contributed by atoms with van der Waals surface area (Å²) >= 11 is 0. The lowest BCUT2D eigenvalue weighted by atomic mass is 9.87. The average Bonchev–Trinajstić information content (AvgIpc) is 3.02. The van der Waals surface area contributed by atoms with Gasteiger partial charge in [0.2, 0.25) is 5.91 Å². The summed E-state index contributed by atoms with van der Waals surface area (Å²) in [6.07, 6.45) is 3.70. The molecule has 5 nitrogen and oxygen atoms in total. The maximum atomic E-state index is 14.0. The van der Waals surface area contributed by atoms with Gasteiger partial charge in [-0.25, -0.2) is 4.39 Å². The number of carbonyl (C=O) groups excluding carboxylic acids is 1. The number of amides is 1. The molecule has 1 amide bonds. The molecule has 0 aliphatic carbocycles. The van der Waals surface area contributed by atoms with Gasteiger partial charge < -0.3 is 5.73 Å². The van der Waals surface area contributed by atoms with Crippen LogP contribution in [0.25, 0.3) is 22.4 Å². The zero-order chi connectivity index (χ0) is 26.1. The fraction of sp³-hybridized carbons (Fsp3) is 0.161. The van der Waals surface area contributed by atoms with E-state index in [1.165, 1.54) is 6.07 Å². The van der Waals surface area contributed by atoms with Crippen LogP contribution in [0.3, 0.4) is 0 Å². The molecule has 2 heterocycles. The summed E-state index contributed by atoms with van der Waals surface area (Å²) in [5.74, 6) is -0.500. The van der Waals surface area contributed by atoms with Gasteiger partial charge in [-0.3, -0.25) is 19.8 Å². The number of pyridine rings is 1. The zero-order valence-corrected chi connectivity index (χ0v) is 20.9. The third-order valence-corrected chi connectivity index (χ3v) is 6.87. The minimum absolute atomic E-state index is 0.0746. The topological polar surface area (TPSA) is 80.7 Å². The number of aromatic nitrogens is 1. The predicted molar refractivity (Wildman–Crippen MR) is 147 cm³/mol. The molecule has 2 atom stereocenters. The Balaban J connectivity index is 1.67. The largest absolute Gasteiger partial charge is 0.366 e. The average molecular weight is 491 g/mol. The van der Waals surface area contributed by atoms with E-state index in [2.05, 4.69) is 24.9 Å². The van der Waals surface area contributed by atoms with Crippen LogP contribution in [-0.2, 0) is 0 Å². The minimum Gasteiger partial charge on any atom is -0.366 e. The molecule has 37 heavy (non-hydrogen) atoms. The van der Waals surface area contributed by atoms with E-state index in [0.29, 0.717) is 16.8 Å². The molecule has 2 N–H and O–H groups in total. The first kappa shape index (κ1) is 24.3. The summed E-state index contributed by atoms with van der Waals surface area (Å²) in [4.78, 5) is 26.1. The number of rotatable bonds is 4. The van der Waals surface area contributed by atoms with Crippen LogP contribution in [0.2, 0.25) is 0 Å². The number of nitrogens with zero attached hydrogens (tertiary/aromatic N) is 3. The number of aryl methyl sites for hydroxylation is 1. The number of hydrogen-bond acceptors (Lipinski definition) is 4. The molecule has 0 saturated heterocycles. The van der Waals surface area contributed by atoms with Crippen LogP contribution >= 0.6 is 0 Å². The first-order valence-corrected chi connectivity index (χ1v) is 12.2. The Hall–Kier alpha value is -4.45. The van der Waals surface area contributed by atoms with Crippen LogP contribution in [0.15, 0.2) is 89.0 Å². The first-order valence-electron chi connectivity index (χ1n) is 12.2. The van der Waals surface area contributed by atoms with Crippen molar-refractivity contribution < 1.29 is 9.18 Å². The maximum absolute atomic E-state index is 14.0. The lowest BCUT2D eigenvalue weighted by Gasteiger charge is -2.19. The normalized spacial score (nSPS) is 17.9. The van der Waals surface area contributed by atoms with E-state index in [1.807, 2.05) is 42.6 Å². The second-order valence-corrected chi connectivity index (χ2v) is 9.43. The summed E-state index contributed by atoms with van der Waals surface area (Å²) < 4.78 is 14.0. The standard InChI is InChI=1S/C31H27FN4O/c1-18-14-22(9-11-27(18)32)30-25(8-5-13-34-30)21-10-12-28-26(16-21)29(20(3)19(2)17-35-28)36-24-7-4-6-23(15-24)31(33)37/h4-17,19-20H,1-3H3,(H2,33,37). The van der Waals surface area contributed by atoms with Gasteiger partial charge in [0.25, 0.3) is 0 Å². The number of halogens is 1. The second kappa shape index (κ2) is 9.90. The molecule has 0 fully saturated rings. The van der Waals surface area contributed by atoms with E-state index in [4.69, 9.17) is 15.7 Å². The van der Waals surface area contributed by atoms with Crippen LogP contribution in [0.4, 0.5) is 15.8 Å². The van der Waals surface area contributed by atoms with Gasteiger partial charge in [-0.1, -0.05) is 32.0 Å². The molecule has 1 aromatic heterocycles. The fourth-order valence-electron chi connectivity index (χ4n) is 4.53. The first-order chi connectivity index (χ1) is 17.8. The lowest BCUT2D eigenvalue weighted by Crippen LogP contribution is -2.19. The Morgan fingerprint density at radius 3 is 2.54 bits per heavy atom. The molecule has 6 heteroatoms. The highest BCUT2D eigenvalue weighted by molar-refractivity contribution is 6.10. The molecule has 0 saturated carbocycles. The number of primary amides is 1. The van der Waals surface area contributed by atoms with Crippen molar-refractivity contribution in [2.45, 2.75) is 20.8 Å². The van der Waals surface area contributed by atoms with E-state index in [9.17, 15) is 9.18 Å². The van der Waals surface area contributed by atoms with Crippen molar-refractivity contribution in [2.75, 3.05) is 0 Å². The molecule has 1 aliphatic heterocycles.